The second kappa shape index (κ2) is 7.17. The smallest absolute Gasteiger partial charge is 0.310 e. The number of thioether (sulfide) groups is 1. The zero-order chi connectivity index (χ0) is 12.7. The summed E-state index contributed by atoms with van der Waals surface area (Å²) in [6, 6.07) is 1.98. The predicted octanol–water partition coefficient (Wildman–Crippen LogP) is 0.655. The molecule has 0 spiro atoms. The van der Waals surface area contributed by atoms with Crippen LogP contribution in [0.15, 0.2) is 0 Å². The van der Waals surface area contributed by atoms with Crippen molar-refractivity contribution in [3.63, 3.8) is 0 Å². The Bertz CT molecular complexity index is 327. The highest BCUT2D eigenvalue weighted by Gasteiger charge is 2.28. The van der Waals surface area contributed by atoms with Gasteiger partial charge in [-0.2, -0.15) is 5.26 Å². The van der Waals surface area contributed by atoms with Gasteiger partial charge in [0.25, 0.3) is 0 Å². The molecule has 1 saturated heterocycles. The topological polar surface area (TPSA) is 70.4 Å². The van der Waals surface area contributed by atoms with E-state index in [0.717, 1.165) is 12.8 Å². The minimum Gasteiger partial charge on any atom is -0.469 e. The SMILES string of the molecule is COC(=O)C1CCCN(C(=O)CSCC#N)C1. The first-order valence-electron chi connectivity index (χ1n) is 5.49. The zero-order valence-electron chi connectivity index (χ0n) is 9.85. The van der Waals surface area contributed by atoms with Gasteiger partial charge in [0.05, 0.1) is 30.6 Å². The largest absolute Gasteiger partial charge is 0.469 e. The number of esters is 1. The Balaban J connectivity index is 2.41. The summed E-state index contributed by atoms with van der Waals surface area (Å²) in [4.78, 5) is 24.8. The second-order valence-corrected chi connectivity index (χ2v) is 4.84. The molecular weight excluding hydrogens is 240 g/mol. The first-order chi connectivity index (χ1) is 8.19. The molecule has 0 saturated carbocycles. The van der Waals surface area contributed by atoms with Gasteiger partial charge in [0, 0.05) is 13.1 Å². The highest BCUT2D eigenvalue weighted by Crippen LogP contribution is 2.18. The number of piperidine rings is 1. The fraction of sp³-hybridized carbons (Fsp3) is 0.727. The Labute approximate surface area is 105 Å². The summed E-state index contributed by atoms with van der Waals surface area (Å²) < 4.78 is 4.69. The summed E-state index contributed by atoms with van der Waals surface area (Å²) in [5.41, 5.74) is 0. The first kappa shape index (κ1) is 13.8. The van der Waals surface area contributed by atoms with E-state index in [1.54, 1.807) is 4.90 Å². The third-order valence-electron chi connectivity index (χ3n) is 2.70. The summed E-state index contributed by atoms with van der Waals surface area (Å²) in [6.07, 6.45) is 1.61. The predicted molar refractivity (Wildman–Crippen MR) is 64.3 cm³/mol. The third-order valence-corrected chi connectivity index (χ3v) is 3.49. The Kier molecular flexibility index (Phi) is 5.84. The van der Waals surface area contributed by atoms with Crippen molar-refractivity contribution in [3.8, 4) is 6.07 Å². The summed E-state index contributed by atoms with van der Waals surface area (Å²) >= 11 is 1.30. The first-order valence-corrected chi connectivity index (χ1v) is 6.64. The second-order valence-electron chi connectivity index (χ2n) is 3.85. The average Bonchev–Trinajstić information content (AvgIpc) is 2.38. The minimum absolute atomic E-state index is 0.00106. The number of rotatable bonds is 4. The van der Waals surface area contributed by atoms with Gasteiger partial charge in [-0.1, -0.05) is 0 Å². The minimum atomic E-state index is -0.243. The molecule has 0 N–H and O–H groups in total. The van der Waals surface area contributed by atoms with Gasteiger partial charge in [-0.15, -0.1) is 11.8 Å². The van der Waals surface area contributed by atoms with Crippen LogP contribution in [0.3, 0.4) is 0 Å². The van der Waals surface area contributed by atoms with Crippen LogP contribution < -0.4 is 0 Å². The zero-order valence-corrected chi connectivity index (χ0v) is 10.7. The Morgan fingerprint density at radius 1 is 1.59 bits per heavy atom. The van der Waals surface area contributed by atoms with Crippen LogP contribution in [0, 0.1) is 17.2 Å². The van der Waals surface area contributed by atoms with Gasteiger partial charge in [-0.3, -0.25) is 9.59 Å². The molecule has 1 unspecified atom stereocenters. The molecule has 17 heavy (non-hydrogen) atoms. The van der Waals surface area contributed by atoms with Gasteiger partial charge >= 0.3 is 5.97 Å². The molecule has 0 aromatic rings. The lowest BCUT2D eigenvalue weighted by atomic mass is 9.98. The molecular formula is C11H16N2O3S. The Hall–Kier alpha value is -1.22. The molecule has 0 aromatic carbocycles. The number of amides is 1. The van der Waals surface area contributed by atoms with Gasteiger partial charge < -0.3 is 9.64 Å². The molecule has 1 heterocycles. The van der Waals surface area contributed by atoms with Crippen LogP contribution in [-0.4, -0.2) is 48.5 Å². The molecule has 1 aliphatic heterocycles. The number of hydrogen-bond acceptors (Lipinski definition) is 5. The monoisotopic (exact) mass is 256 g/mol. The van der Waals surface area contributed by atoms with Crippen molar-refractivity contribution in [3.05, 3.63) is 0 Å². The molecule has 1 fully saturated rings. The van der Waals surface area contributed by atoms with Crippen LogP contribution >= 0.6 is 11.8 Å². The van der Waals surface area contributed by atoms with E-state index >= 15 is 0 Å². The van der Waals surface area contributed by atoms with E-state index in [2.05, 4.69) is 0 Å². The van der Waals surface area contributed by atoms with Crippen LogP contribution in [0.1, 0.15) is 12.8 Å². The quantitative estimate of drug-likeness (QED) is 0.545. The van der Waals surface area contributed by atoms with Crippen molar-refractivity contribution >= 4 is 23.6 Å². The number of likely N-dealkylation sites (tertiary alicyclic amines) is 1. The molecule has 1 rings (SSSR count). The van der Waals surface area contributed by atoms with Gasteiger partial charge in [0.1, 0.15) is 0 Å². The number of nitriles is 1. The number of nitrogens with zero attached hydrogens (tertiary/aromatic N) is 2. The van der Waals surface area contributed by atoms with E-state index in [1.807, 2.05) is 6.07 Å². The summed E-state index contributed by atoms with van der Waals surface area (Å²) in [5, 5.41) is 8.38. The van der Waals surface area contributed by atoms with Crippen molar-refractivity contribution in [2.24, 2.45) is 5.92 Å². The lowest BCUT2D eigenvalue weighted by Crippen LogP contribution is -2.43. The average molecular weight is 256 g/mol. The fourth-order valence-corrected chi connectivity index (χ4v) is 2.39. The van der Waals surface area contributed by atoms with Crippen LogP contribution in [0.25, 0.3) is 0 Å². The number of hydrogen-bond donors (Lipinski definition) is 0. The molecule has 0 radical (unpaired) electrons. The van der Waals surface area contributed by atoms with E-state index < -0.39 is 0 Å². The van der Waals surface area contributed by atoms with Crippen LogP contribution in [0.2, 0.25) is 0 Å². The molecule has 5 nitrogen and oxygen atoms in total. The van der Waals surface area contributed by atoms with Crippen LogP contribution in [0.4, 0.5) is 0 Å². The van der Waals surface area contributed by atoms with E-state index in [9.17, 15) is 9.59 Å². The number of ether oxygens (including phenoxy) is 1. The Morgan fingerprint density at radius 2 is 2.35 bits per heavy atom. The van der Waals surface area contributed by atoms with Gasteiger partial charge in [0.2, 0.25) is 5.91 Å². The molecule has 94 valence electrons. The van der Waals surface area contributed by atoms with Gasteiger partial charge in [-0.05, 0) is 12.8 Å². The van der Waals surface area contributed by atoms with Crippen molar-refractivity contribution in [2.45, 2.75) is 12.8 Å². The molecule has 1 atom stereocenters. The molecule has 6 heteroatoms. The summed E-state index contributed by atoms with van der Waals surface area (Å²) in [6.45, 7) is 1.14. The maximum Gasteiger partial charge on any atom is 0.310 e. The summed E-state index contributed by atoms with van der Waals surface area (Å²) in [7, 11) is 1.37. The van der Waals surface area contributed by atoms with Crippen molar-refractivity contribution in [1.82, 2.24) is 4.90 Å². The normalized spacial score (nSPS) is 19.5. The highest BCUT2D eigenvalue weighted by atomic mass is 32.2. The van der Waals surface area contributed by atoms with E-state index in [0.29, 0.717) is 24.6 Å². The lowest BCUT2D eigenvalue weighted by molar-refractivity contribution is -0.148. The Morgan fingerprint density at radius 3 is 3.00 bits per heavy atom. The lowest BCUT2D eigenvalue weighted by Gasteiger charge is -2.31. The van der Waals surface area contributed by atoms with E-state index in [1.165, 1.54) is 18.9 Å². The van der Waals surface area contributed by atoms with Crippen LogP contribution in [0.5, 0.6) is 0 Å². The van der Waals surface area contributed by atoms with E-state index in [4.69, 9.17) is 10.00 Å². The van der Waals surface area contributed by atoms with Crippen molar-refractivity contribution < 1.29 is 14.3 Å². The molecule has 0 bridgehead atoms. The fourth-order valence-electron chi connectivity index (χ4n) is 1.84. The van der Waals surface area contributed by atoms with E-state index in [-0.39, 0.29) is 17.8 Å². The maximum absolute atomic E-state index is 11.8. The standard InChI is InChI=1S/C11H16N2O3S/c1-16-11(15)9-3-2-5-13(7-9)10(14)8-17-6-4-12/h9H,2-3,5-8H2,1H3. The highest BCUT2D eigenvalue weighted by molar-refractivity contribution is 8.00. The molecule has 1 amide bonds. The molecule has 0 aromatic heterocycles. The van der Waals surface area contributed by atoms with Crippen molar-refractivity contribution in [2.75, 3.05) is 31.7 Å². The number of methoxy groups -OCH3 is 1. The van der Waals surface area contributed by atoms with Crippen LogP contribution in [-0.2, 0) is 14.3 Å². The number of carbonyl (C=O) groups excluding carboxylic acids is 2. The van der Waals surface area contributed by atoms with Gasteiger partial charge in [0.15, 0.2) is 0 Å². The summed E-state index contributed by atoms with van der Waals surface area (Å²) in [5.74, 6) is 0.186. The molecule has 0 aliphatic carbocycles. The van der Waals surface area contributed by atoms with Gasteiger partial charge in [-0.25, -0.2) is 0 Å². The maximum atomic E-state index is 11.8. The number of carbonyl (C=O) groups is 2. The molecule has 1 aliphatic rings. The third kappa shape index (κ3) is 4.27. The van der Waals surface area contributed by atoms with Crippen molar-refractivity contribution in [1.29, 1.82) is 5.26 Å².